The molecule has 24 heavy (non-hydrogen) atoms. The van der Waals surface area contributed by atoms with Crippen LogP contribution >= 0.6 is 23.2 Å². The van der Waals surface area contributed by atoms with Gasteiger partial charge in [0, 0.05) is 16.1 Å². The fourth-order valence-corrected chi connectivity index (χ4v) is 2.32. The van der Waals surface area contributed by atoms with Crippen molar-refractivity contribution < 1.29 is 23.5 Å². The van der Waals surface area contributed by atoms with Crippen molar-refractivity contribution in [1.82, 2.24) is 0 Å². The van der Waals surface area contributed by atoms with Gasteiger partial charge >= 0.3 is 5.97 Å². The molecule has 0 atom stereocenters. The fourth-order valence-electron chi connectivity index (χ4n) is 1.93. The van der Waals surface area contributed by atoms with Gasteiger partial charge in [-0.05, 0) is 43.3 Å². The van der Waals surface area contributed by atoms with E-state index in [-0.39, 0.29) is 22.9 Å². The number of esters is 1. The van der Waals surface area contributed by atoms with E-state index < -0.39 is 24.2 Å². The molecule has 0 saturated heterocycles. The quantitative estimate of drug-likeness (QED) is 0.561. The van der Waals surface area contributed by atoms with Crippen molar-refractivity contribution in [3.05, 3.63) is 63.4 Å². The van der Waals surface area contributed by atoms with E-state index in [1.165, 1.54) is 18.2 Å². The number of benzene rings is 2. The largest absolute Gasteiger partial charge is 0.477 e. The van der Waals surface area contributed by atoms with Crippen LogP contribution in [0.2, 0.25) is 10.0 Å². The Labute approximate surface area is 148 Å². The van der Waals surface area contributed by atoms with Gasteiger partial charge in [0.2, 0.25) is 0 Å². The highest BCUT2D eigenvalue weighted by atomic mass is 35.5. The van der Waals surface area contributed by atoms with Gasteiger partial charge < -0.3 is 9.47 Å². The highest BCUT2D eigenvalue weighted by Crippen LogP contribution is 2.30. The van der Waals surface area contributed by atoms with Crippen molar-refractivity contribution in [2.75, 3.05) is 13.2 Å². The molecule has 0 fully saturated rings. The second-order valence-corrected chi connectivity index (χ2v) is 5.54. The lowest BCUT2D eigenvalue weighted by atomic mass is 10.0. The van der Waals surface area contributed by atoms with Crippen molar-refractivity contribution in [2.24, 2.45) is 0 Å². The van der Waals surface area contributed by atoms with Crippen LogP contribution in [0, 0.1) is 5.82 Å². The lowest BCUT2D eigenvalue weighted by molar-refractivity contribution is -0.145. The molecule has 0 radical (unpaired) electrons. The maximum Gasteiger partial charge on any atom is 0.344 e. The van der Waals surface area contributed by atoms with Gasteiger partial charge in [-0.1, -0.05) is 23.2 Å². The third-order valence-electron chi connectivity index (χ3n) is 3.01. The van der Waals surface area contributed by atoms with Crippen LogP contribution in [0.5, 0.6) is 5.75 Å². The third kappa shape index (κ3) is 4.46. The number of halogens is 3. The number of carbonyl (C=O) groups is 2. The third-order valence-corrected chi connectivity index (χ3v) is 3.54. The molecule has 126 valence electrons. The highest BCUT2D eigenvalue weighted by molar-refractivity contribution is 6.32. The van der Waals surface area contributed by atoms with Gasteiger partial charge in [-0.3, -0.25) is 4.79 Å². The number of hydrogen-bond donors (Lipinski definition) is 0. The molecule has 4 nitrogen and oxygen atoms in total. The summed E-state index contributed by atoms with van der Waals surface area (Å²) in [5, 5.41) is 0.370. The molecule has 2 rings (SSSR count). The summed E-state index contributed by atoms with van der Waals surface area (Å²) < 4.78 is 23.9. The Hall–Kier alpha value is -2.11. The molecule has 0 heterocycles. The summed E-state index contributed by atoms with van der Waals surface area (Å²) in [7, 11) is 0. The van der Waals surface area contributed by atoms with Gasteiger partial charge in [-0.15, -0.1) is 0 Å². The first-order chi connectivity index (χ1) is 11.4. The smallest absolute Gasteiger partial charge is 0.344 e. The number of rotatable bonds is 6. The molecule has 0 bridgehead atoms. The van der Waals surface area contributed by atoms with Gasteiger partial charge in [0.25, 0.3) is 0 Å². The van der Waals surface area contributed by atoms with Crippen LogP contribution in [-0.2, 0) is 9.53 Å². The summed E-state index contributed by atoms with van der Waals surface area (Å²) in [6, 6.07) is 8.46. The standard InChI is InChI=1S/C17H13Cl2FO4/c1-2-23-15(21)9-24-17-13(19)7-11(8-14(17)20)16(22)10-3-5-12(18)6-4-10/h3-8H,2,9H2,1H3. The predicted molar refractivity (Wildman–Crippen MR) is 88.4 cm³/mol. The molecule has 0 spiro atoms. The molecular formula is C17H13Cl2FO4. The Morgan fingerprint density at radius 1 is 1.08 bits per heavy atom. The summed E-state index contributed by atoms with van der Waals surface area (Å²) in [4.78, 5) is 23.6. The zero-order valence-electron chi connectivity index (χ0n) is 12.6. The van der Waals surface area contributed by atoms with E-state index in [0.29, 0.717) is 10.6 Å². The van der Waals surface area contributed by atoms with Crippen molar-refractivity contribution in [2.45, 2.75) is 6.92 Å². The molecule has 0 amide bonds. The van der Waals surface area contributed by atoms with Crippen LogP contribution < -0.4 is 4.74 Å². The van der Waals surface area contributed by atoms with E-state index >= 15 is 0 Å². The fraction of sp³-hybridized carbons (Fsp3) is 0.176. The maximum absolute atomic E-state index is 14.2. The van der Waals surface area contributed by atoms with Crippen molar-refractivity contribution in [1.29, 1.82) is 0 Å². The first-order valence-electron chi connectivity index (χ1n) is 7.00. The number of carbonyl (C=O) groups excluding carboxylic acids is 2. The van der Waals surface area contributed by atoms with E-state index in [0.717, 1.165) is 6.07 Å². The normalized spacial score (nSPS) is 10.3. The van der Waals surface area contributed by atoms with Gasteiger partial charge in [0.15, 0.2) is 24.0 Å². The molecule has 0 aliphatic rings. The van der Waals surface area contributed by atoms with E-state index in [2.05, 4.69) is 4.74 Å². The number of hydrogen-bond acceptors (Lipinski definition) is 4. The first kappa shape index (κ1) is 18.2. The monoisotopic (exact) mass is 370 g/mol. The molecule has 0 N–H and O–H groups in total. The molecule has 0 aromatic heterocycles. The summed E-state index contributed by atoms with van der Waals surface area (Å²) >= 11 is 11.7. The first-order valence-corrected chi connectivity index (χ1v) is 7.75. The zero-order valence-corrected chi connectivity index (χ0v) is 14.2. The van der Waals surface area contributed by atoms with E-state index in [9.17, 15) is 14.0 Å². The maximum atomic E-state index is 14.2. The Bertz CT molecular complexity index is 737. The Kier molecular flexibility index (Phi) is 6.17. The molecule has 0 aliphatic carbocycles. The van der Waals surface area contributed by atoms with Crippen molar-refractivity contribution >= 4 is 35.0 Å². The Morgan fingerprint density at radius 2 is 1.75 bits per heavy atom. The number of ketones is 1. The minimum Gasteiger partial charge on any atom is -0.477 e. The van der Waals surface area contributed by atoms with Gasteiger partial charge in [0.1, 0.15) is 0 Å². The minimum absolute atomic E-state index is 0.0586. The van der Waals surface area contributed by atoms with E-state index in [1.807, 2.05) is 0 Å². The molecule has 2 aromatic carbocycles. The molecule has 0 aliphatic heterocycles. The van der Waals surface area contributed by atoms with Crippen LogP contribution in [0.4, 0.5) is 4.39 Å². The van der Waals surface area contributed by atoms with Crippen LogP contribution in [0.15, 0.2) is 36.4 Å². The van der Waals surface area contributed by atoms with Crippen LogP contribution in [-0.4, -0.2) is 25.0 Å². The number of ether oxygens (including phenoxy) is 2. The summed E-state index contributed by atoms with van der Waals surface area (Å²) in [6.07, 6.45) is 0. The Balaban J connectivity index is 2.21. The topological polar surface area (TPSA) is 52.6 Å². The van der Waals surface area contributed by atoms with Crippen LogP contribution in [0.25, 0.3) is 0 Å². The van der Waals surface area contributed by atoms with Gasteiger partial charge in [0.05, 0.1) is 11.6 Å². The molecule has 0 unspecified atom stereocenters. The van der Waals surface area contributed by atoms with Crippen molar-refractivity contribution in [3.63, 3.8) is 0 Å². The SMILES string of the molecule is CCOC(=O)COc1c(F)cc(C(=O)c2ccc(Cl)cc2)cc1Cl. The molecule has 0 saturated carbocycles. The lowest BCUT2D eigenvalue weighted by Gasteiger charge is -2.10. The van der Waals surface area contributed by atoms with Crippen LogP contribution in [0.3, 0.4) is 0 Å². The summed E-state index contributed by atoms with van der Waals surface area (Å²) in [5.41, 5.74) is 0.401. The van der Waals surface area contributed by atoms with Crippen LogP contribution in [0.1, 0.15) is 22.8 Å². The molecule has 7 heteroatoms. The second-order valence-electron chi connectivity index (χ2n) is 4.70. The predicted octanol–water partition coefficient (Wildman–Crippen LogP) is 4.31. The highest BCUT2D eigenvalue weighted by Gasteiger charge is 2.17. The van der Waals surface area contributed by atoms with E-state index in [1.54, 1.807) is 19.1 Å². The van der Waals surface area contributed by atoms with Gasteiger partial charge in [-0.25, -0.2) is 9.18 Å². The van der Waals surface area contributed by atoms with Gasteiger partial charge in [-0.2, -0.15) is 0 Å². The average Bonchev–Trinajstić information content (AvgIpc) is 2.54. The molecular weight excluding hydrogens is 358 g/mol. The average molecular weight is 371 g/mol. The second kappa shape index (κ2) is 8.13. The summed E-state index contributed by atoms with van der Waals surface area (Å²) in [5.74, 6) is -2.21. The van der Waals surface area contributed by atoms with Crippen molar-refractivity contribution in [3.8, 4) is 5.75 Å². The zero-order chi connectivity index (χ0) is 17.7. The minimum atomic E-state index is -0.843. The lowest BCUT2D eigenvalue weighted by Crippen LogP contribution is -2.15. The summed E-state index contributed by atoms with van der Waals surface area (Å²) in [6.45, 7) is 1.35. The van der Waals surface area contributed by atoms with E-state index in [4.69, 9.17) is 27.9 Å². The Morgan fingerprint density at radius 3 is 2.33 bits per heavy atom. The molecule has 2 aromatic rings.